The van der Waals surface area contributed by atoms with E-state index in [-0.39, 0.29) is 18.5 Å². The molecule has 10 heteroatoms. The van der Waals surface area contributed by atoms with Crippen molar-refractivity contribution in [3.63, 3.8) is 0 Å². The number of hydrogen-bond donors (Lipinski definition) is 2. The predicted molar refractivity (Wildman–Crippen MR) is 108 cm³/mol. The van der Waals surface area contributed by atoms with Crippen LogP contribution in [-0.2, 0) is 9.53 Å². The van der Waals surface area contributed by atoms with E-state index in [1.807, 2.05) is 25.1 Å². The van der Waals surface area contributed by atoms with Crippen LogP contribution in [0.4, 0.5) is 5.82 Å². The minimum atomic E-state index is -0.508. The SMILES string of the molecule is COC(=O)COc1nc([C@H](C)Nc2ncnc3nc[nH]c23)cc2cccc(Cl)c12. The van der Waals surface area contributed by atoms with Gasteiger partial charge in [0.05, 0.1) is 35.6 Å². The Hall–Kier alpha value is -3.46. The lowest BCUT2D eigenvalue weighted by atomic mass is 10.1. The van der Waals surface area contributed by atoms with Crippen molar-refractivity contribution in [1.82, 2.24) is 24.9 Å². The third-order valence-electron chi connectivity index (χ3n) is 4.37. The lowest BCUT2D eigenvalue weighted by Gasteiger charge is -2.17. The van der Waals surface area contributed by atoms with Crippen LogP contribution in [0.1, 0.15) is 18.7 Å². The van der Waals surface area contributed by atoms with Gasteiger partial charge in [-0.2, -0.15) is 0 Å². The summed E-state index contributed by atoms with van der Waals surface area (Å²) >= 11 is 6.35. The summed E-state index contributed by atoms with van der Waals surface area (Å²) in [7, 11) is 1.30. The lowest BCUT2D eigenvalue weighted by Crippen LogP contribution is -2.15. The average Bonchev–Trinajstić information content (AvgIpc) is 3.21. The van der Waals surface area contributed by atoms with Crippen LogP contribution in [0, 0.1) is 0 Å². The summed E-state index contributed by atoms with van der Waals surface area (Å²) in [6, 6.07) is 7.17. The van der Waals surface area contributed by atoms with Gasteiger partial charge in [-0.3, -0.25) is 0 Å². The fraction of sp³-hybridized carbons (Fsp3) is 0.211. The van der Waals surface area contributed by atoms with E-state index in [9.17, 15) is 4.79 Å². The van der Waals surface area contributed by atoms with Crippen LogP contribution < -0.4 is 10.1 Å². The largest absolute Gasteiger partial charge is 0.466 e. The second-order valence-electron chi connectivity index (χ2n) is 6.24. The number of hydrogen-bond acceptors (Lipinski definition) is 8. The maximum absolute atomic E-state index is 11.5. The number of fused-ring (bicyclic) bond motifs is 2. The Morgan fingerprint density at radius 2 is 2.17 bits per heavy atom. The van der Waals surface area contributed by atoms with Crippen molar-refractivity contribution in [2.24, 2.45) is 0 Å². The Balaban J connectivity index is 1.71. The first kappa shape index (κ1) is 18.9. The molecule has 0 saturated heterocycles. The Morgan fingerprint density at radius 3 is 3.00 bits per heavy atom. The maximum Gasteiger partial charge on any atom is 0.343 e. The molecular weight excluding hydrogens is 396 g/mol. The van der Waals surface area contributed by atoms with Crippen molar-refractivity contribution in [3.8, 4) is 5.88 Å². The first-order valence-electron chi connectivity index (χ1n) is 8.76. The molecule has 0 bridgehead atoms. The molecule has 3 heterocycles. The van der Waals surface area contributed by atoms with Crippen molar-refractivity contribution in [2.75, 3.05) is 19.0 Å². The van der Waals surface area contributed by atoms with Gasteiger partial charge in [0, 0.05) is 0 Å². The molecule has 9 nitrogen and oxygen atoms in total. The van der Waals surface area contributed by atoms with Crippen LogP contribution in [0.2, 0.25) is 5.02 Å². The van der Waals surface area contributed by atoms with E-state index >= 15 is 0 Å². The molecule has 0 aliphatic carbocycles. The number of anilines is 1. The van der Waals surface area contributed by atoms with Crippen molar-refractivity contribution < 1.29 is 14.3 Å². The summed E-state index contributed by atoms with van der Waals surface area (Å²) in [4.78, 5) is 31.6. The number of nitrogens with zero attached hydrogens (tertiary/aromatic N) is 4. The van der Waals surface area contributed by atoms with Crippen molar-refractivity contribution >= 4 is 45.3 Å². The number of benzene rings is 1. The van der Waals surface area contributed by atoms with E-state index in [1.165, 1.54) is 13.4 Å². The lowest BCUT2D eigenvalue weighted by molar-refractivity contribution is -0.142. The second kappa shape index (κ2) is 7.88. The molecule has 1 aromatic carbocycles. The predicted octanol–water partition coefficient (Wildman–Crippen LogP) is 3.28. The standard InChI is InChI=1S/C19H17ClN6O3/c1-10(25-18-16-17(22-8-21-16)23-9-24-18)13-6-11-4-3-5-12(20)15(11)19(26-13)29-7-14(27)28-2/h3-6,8-10H,7H2,1-2H3,(H2,21,22,23,24,25)/t10-/m0/s1. The molecule has 0 aliphatic rings. The van der Waals surface area contributed by atoms with E-state index in [4.69, 9.17) is 16.3 Å². The highest BCUT2D eigenvalue weighted by atomic mass is 35.5. The quantitative estimate of drug-likeness (QED) is 0.463. The minimum Gasteiger partial charge on any atom is -0.466 e. The van der Waals surface area contributed by atoms with Gasteiger partial charge in [-0.25, -0.2) is 24.7 Å². The molecule has 4 aromatic rings. The Bertz CT molecular complexity index is 1200. The molecule has 0 aliphatic heterocycles. The summed E-state index contributed by atoms with van der Waals surface area (Å²) in [5.41, 5.74) is 1.95. The summed E-state index contributed by atoms with van der Waals surface area (Å²) in [6.07, 6.45) is 3.00. The van der Waals surface area contributed by atoms with Crippen LogP contribution in [0.15, 0.2) is 36.9 Å². The number of nitrogens with one attached hydrogen (secondary N) is 2. The number of ether oxygens (including phenoxy) is 2. The second-order valence-corrected chi connectivity index (χ2v) is 6.65. The molecule has 3 aromatic heterocycles. The number of imidazole rings is 1. The van der Waals surface area contributed by atoms with Gasteiger partial charge in [0.15, 0.2) is 18.1 Å². The number of methoxy groups -OCH3 is 1. The van der Waals surface area contributed by atoms with Gasteiger partial charge in [0.2, 0.25) is 5.88 Å². The zero-order valence-corrected chi connectivity index (χ0v) is 16.4. The fourth-order valence-corrected chi connectivity index (χ4v) is 3.18. The normalized spacial score (nSPS) is 12.1. The molecule has 0 fully saturated rings. The summed E-state index contributed by atoms with van der Waals surface area (Å²) in [5, 5.41) is 5.26. The molecule has 0 saturated carbocycles. The molecule has 148 valence electrons. The molecule has 1 atom stereocenters. The van der Waals surface area contributed by atoms with E-state index in [2.05, 4.69) is 35.0 Å². The number of rotatable bonds is 6. The number of carbonyl (C=O) groups is 1. The summed E-state index contributed by atoms with van der Waals surface area (Å²) in [5.74, 6) is 0.354. The van der Waals surface area contributed by atoms with E-state index in [1.54, 1.807) is 12.4 Å². The summed E-state index contributed by atoms with van der Waals surface area (Å²) in [6.45, 7) is 1.67. The zero-order chi connectivity index (χ0) is 20.4. The van der Waals surface area contributed by atoms with Gasteiger partial charge < -0.3 is 19.8 Å². The Labute approximate surface area is 170 Å². The molecular formula is C19H17ClN6O3. The average molecular weight is 413 g/mol. The molecule has 0 amide bonds. The highest BCUT2D eigenvalue weighted by molar-refractivity contribution is 6.36. The minimum absolute atomic E-state index is 0.236. The van der Waals surface area contributed by atoms with Crippen molar-refractivity contribution in [1.29, 1.82) is 0 Å². The van der Waals surface area contributed by atoms with Gasteiger partial charge in [-0.05, 0) is 24.4 Å². The number of aromatic nitrogens is 5. The van der Waals surface area contributed by atoms with Crippen molar-refractivity contribution in [3.05, 3.63) is 47.6 Å². The van der Waals surface area contributed by atoms with Crippen molar-refractivity contribution in [2.45, 2.75) is 13.0 Å². The third-order valence-corrected chi connectivity index (χ3v) is 4.68. The molecule has 4 rings (SSSR count). The van der Waals surface area contributed by atoms with Gasteiger partial charge in [0.1, 0.15) is 11.8 Å². The Kier molecular flexibility index (Phi) is 5.13. The molecule has 0 unspecified atom stereocenters. The van der Waals surface area contributed by atoms with Gasteiger partial charge >= 0.3 is 5.97 Å². The number of pyridine rings is 1. The number of aromatic amines is 1. The maximum atomic E-state index is 11.5. The number of carbonyl (C=O) groups excluding carboxylic acids is 1. The highest BCUT2D eigenvalue weighted by Gasteiger charge is 2.17. The molecule has 0 spiro atoms. The van der Waals surface area contributed by atoms with Crippen LogP contribution in [0.5, 0.6) is 5.88 Å². The molecule has 2 N–H and O–H groups in total. The van der Waals surface area contributed by atoms with Crippen LogP contribution in [-0.4, -0.2) is 44.6 Å². The van der Waals surface area contributed by atoms with Gasteiger partial charge in [-0.1, -0.05) is 23.7 Å². The first-order valence-corrected chi connectivity index (χ1v) is 9.14. The number of H-pyrrole nitrogens is 1. The zero-order valence-electron chi connectivity index (χ0n) is 15.6. The van der Waals surface area contributed by atoms with E-state index < -0.39 is 5.97 Å². The van der Waals surface area contributed by atoms with Gasteiger partial charge in [0.25, 0.3) is 0 Å². The van der Waals surface area contributed by atoms with E-state index in [0.29, 0.717) is 33.1 Å². The third kappa shape index (κ3) is 3.77. The first-order chi connectivity index (χ1) is 14.1. The monoisotopic (exact) mass is 412 g/mol. The molecule has 0 radical (unpaired) electrons. The van der Waals surface area contributed by atoms with Crippen LogP contribution >= 0.6 is 11.6 Å². The topological polar surface area (TPSA) is 115 Å². The van der Waals surface area contributed by atoms with Crippen LogP contribution in [0.25, 0.3) is 21.9 Å². The van der Waals surface area contributed by atoms with Gasteiger partial charge in [-0.15, -0.1) is 0 Å². The Morgan fingerprint density at radius 1 is 1.31 bits per heavy atom. The number of esters is 1. The van der Waals surface area contributed by atoms with Crippen LogP contribution in [0.3, 0.4) is 0 Å². The smallest absolute Gasteiger partial charge is 0.343 e. The molecule has 29 heavy (non-hydrogen) atoms. The highest BCUT2D eigenvalue weighted by Crippen LogP contribution is 2.33. The summed E-state index contributed by atoms with van der Waals surface area (Å²) < 4.78 is 10.3. The number of halogens is 1. The van der Waals surface area contributed by atoms with E-state index in [0.717, 1.165) is 5.39 Å². The fourth-order valence-electron chi connectivity index (χ4n) is 2.92.